The molecule has 7 nitrogen and oxygen atoms in total. The molecule has 0 aliphatic carbocycles. The highest BCUT2D eigenvalue weighted by atomic mass is 32.2. The minimum atomic E-state index is -3.52. The molecule has 0 saturated carbocycles. The van der Waals surface area contributed by atoms with Crippen LogP contribution in [-0.4, -0.2) is 69.5 Å². The number of carbonyl (C=O) groups is 2. The summed E-state index contributed by atoms with van der Waals surface area (Å²) in [5.74, 6) is -1.16. The first-order chi connectivity index (χ1) is 10.8. The molecule has 1 aromatic carbocycles. The third-order valence-corrected chi connectivity index (χ3v) is 4.93. The van der Waals surface area contributed by atoms with Crippen LogP contribution in [-0.2, 0) is 10.0 Å². The van der Waals surface area contributed by atoms with Crippen LogP contribution < -0.4 is 4.72 Å². The summed E-state index contributed by atoms with van der Waals surface area (Å²) < 4.78 is 26.4. The highest BCUT2D eigenvalue weighted by Crippen LogP contribution is 2.22. The molecular formula is C15H21N3O4S. The normalized spacial score (nSPS) is 14.7. The van der Waals surface area contributed by atoms with Gasteiger partial charge in [-0.15, -0.1) is 0 Å². The topological polar surface area (TPSA) is 86.8 Å². The Morgan fingerprint density at radius 3 is 2.17 bits per heavy atom. The van der Waals surface area contributed by atoms with Crippen molar-refractivity contribution < 1.29 is 18.0 Å². The van der Waals surface area contributed by atoms with Crippen LogP contribution >= 0.6 is 0 Å². The van der Waals surface area contributed by atoms with Gasteiger partial charge in [0.25, 0.3) is 11.8 Å². The molecule has 2 amide bonds. The Labute approximate surface area is 136 Å². The number of sulfonamides is 1. The molecule has 2 rings (SSSR count). The molecule has 0 radical (unpaired) electrons. The van der Waals surface area contributed by atoms with Crippen LogP contribution in [0.5, 0.6) is 0 Å². The number of imide groups is 1. The van der Waals surface area contributed by atoms with Gasteiger partial charge in [-0.1, -0.05) is 12.1 Å². The Kier molecular flexibility index (Phi) is 5.51. The zero-order valence-electron chi connectivity index (χ0n) is 13.3. The molecule has 0 fully saturated rings. The maximum absolute atomic E-state index is 12.1. The summed E-state index contributed by atoms with van der Waals surface area (Å²) in [5, 5.41) is 0. The summed E-state index contributed by atoms with van der Waals surface area (Å²) >= 11 is 0. The average Bonchev–Trinajstić information content (AvgIpc) is 2.74. The van der Waals surface area contributed by atoms with E-state index in [0.717, 1.165) is 11.4 Å². The van der Waals surface area contributed by atoms with Crippen molar-refractivity contribution in [2.45, 2.75) is 6.42 Å². The van der Waals surface area contributed by atoms with Crippen molar-refractivity contribution in [3.63, 3.8) is 0 Å². The second-order valence-corrected chi connectivity index (χ2v) is 7.60. The van der Waals surface area contributed by atoms with Crippen LogP contribution in [0.2, 0.25) is 0 Å². The molecule has 0 unspecified atom stereocenters. The Bertz CT molecular complexity index is 665. The summed E-state index contributed by atoms with van der Waals surface area (Å²) in [6.45, 7) is 0.971. The van der Waals surface area contributed by atoms with Gasteiger partial charge in [-0.3, -0.25) is 14.5 Å². The molecule has 8 heteroatoms. The monoisotopic (exact) mass is 339 g/mol. The van der Waals surface area contributed by atoms with Gasteiger partial charge in [-0.05, 0) is 39.2 Å². The number of amides is 2. The fourth-order valence-electron chi connectivity index (χ4n) is 2.35. The van der Waals surface area contributed by atoms with Gasteiger partial charge in [0.05, 0.1) is 16.9 Å². The van der Waals surface area contributed by atoms with Crippen molar-refractivity contribution >= 4 is 21.8 Å². The number of nitrogens with one attached hydrogen (secondary N) is 1. The molecule has 1 heterocycles. The van der Waals surface area contributed by atoms with Crippen molar-refractivity contribution in [1.29, 1.82) is 0 Å². The standard InChI is InChI=1S/C15H21N3O4S/c1-17(2)9-5-8-16-23(21,22)11-10-18-14(19)12-6-3-4-7-13(12)15(18)20/h3-4,6-7,16H,5,8-11H2,1-2H3. The van der Waals surface area contributed by atoms with Crippen LogP contribution in [0, 0.1) is 0 Å². The van der Waals surface area contributed by atoms with E-state index in [9.17, 15) is 18.0 Å². The first kappa shape index (κ1) is 17.6. The van der Waals surface area contributed by atoms with Crippen molar-refractivity contribution in [3.8, 4) is 0 Å². The maximum Gasteiger partial charge on any atom is 0.261 e. The fourth-order valence-corrected chi connectivity index (χ4v) is 3.37. The number of carbonyl (C=O) groups excluding carboxylic acids is 2. The summed E-state index contributed by atoms with van der Waals surface area (Å²) in [7, 11) is 0.311. The molecule has 1 aliphatic rings. The Hall–Kier alpha value is -1.77. The molecule has 0 atom stereocenters. The minimum absolute atomic E-state index is 0.143. The average molecular weight is 339 g/mol. The van der Waals surface area contributed by atoms with E-state index >= 15 is 0 Å². The Morgan fingerprint density at radius 2 is 1.65 bits per heavy atom. The van der Waals surface area contributed by atoms with Crippen molar-refractivity contribution in [1.82, 2.24) is 14.5 Å². The van der Waals surface area contributed by atoms with Gasteiger partial charge in [0.2, 0.25) is 10.0 Å². The zero-order valence-corrected chi connectivity index (χ0v) is 14.1. The van der Waals surface area contributed by atoms with E-state index in [1.807, 2.05) is 19.0 Å². The minimum Gasteiger partial charge on any atom is -0.309 e. The van der Waals surface area contributed by atoms with E-state index in [1.54, 1.807) is 24.3 Å². The predicted octanol–water partition coefficient (Wildman–Crippen LogP) is 0.154. The molecule has 1 N–H and O–H groups in total. The number of rotatable bonds is 8. The largest absolute Gasteiger partial charge is 0.309 e. The predicted molar refractivity (Wildman–Crippen MR) is 86.8 cm³/mol. The van der Waals surface area contributed by atoms with Gasteiger partial charge in [-0.2, -0.15) is 0 Å². The first-order valence-electron chi connectivity index (χ1n) is 7.39. The summed E-state index contributed by atoms with van der Waals surface area (Å²) in [4.78, 5) is 27.2. The van der Waals surface area contributed by atoms with E-state index in [2.05, 4.69) is 4.72 Å². The van der Waals surface area contributed by atoms with Crippen LogP contribution in [0.15, 0.2) is 24.3 Å². The van der Waals surface area contributed by atoms with Crippen LogP contribution in [0.1, 0.15) is 27.1 Å². The quantitative estimate of drug-likeness (QED) is 0.538. The lowest BCUT2D eigenvalue weighted by Gasteiger charge is -2.14. The highest BCUT2D eigenvalue weighted by molar-refractivity contribution is 7.89. The molecule has 126 valence electrons. The van der Waals surface area contributed by atoms with Crippen molar-refractivity contribution in [2.24, 2.45) is 0 Å². The van der Waals surface area contributed by atoms with E-state index in [0.29, 0.717) is 24.1 Å². The van der Waals surface area contributed by atoms with Gasteiger partial charge in [0.1, 0.15) is 0 Å². The van der Waals surface area contributed by atoms with Crippen molar-refractivity contribution in [2.75, 3.05) is 39.5 Å². The lowest BCUT2D eigenvalue weighted by atomic mass is 10.1. The van der Waals surface area contributed by atoms with Crippen molar-refractivity contribution in [3.05, 3.63) is 35.4 Å². The molecule has 0 spiro atoms. The van der Waals surface area contributed by atoms with E-state index in [-0.39, 0.29) is 12.3 Å². The van der Waals surface area contributed by atoms with Gasteiger partial charge in [0.15, 0.2) is 0 Å². The second kappa shape index (κ2) is 7.20. The molecule has 23 heavy (non-hydrogen) atoms. The Morgan fingerprint density at radius 1 is 1.09 bits per heavy atom. The maximum atomic E-state index is 12.1. The Balaban J connectivity index is 1.89. The first-order valence-corrected chi connectivity index (χ1v) is 9.04. The summed E-state index contributed by atoms with van der Waals surface area (Å²) in [6.07, 6.45) is 0.694. The SMILES string of the molecule is CN(C)CCCNS(=O)(=O)CCN1C(=O)c2ccccc2C1=O. The third kappa shape index (κ3) is 4.37. The highest BCUT2D eigenvalue weighted by Gasteiger charge is 2.35. The molecular weight excluding hydrogens is 318 g/mol. The second-order valence-electron chi connectivity index (χ2n) is 5.68. The lowest BCUT2D eigenvalue weighted by molar-refractivity contribution is 0.0664. The molecule has 1 aliphatic heterocycles. The van der Waals surface area contributed by atoms with Crippen LogP contribution in [0.25, 0.3) is 0 Å². The lowest BCUT2D eigenvalue weighted by Crippen LogP contribution is -2.38. The number of fused-ring (bicyclic) bond motifs is 1. The number of hydrogen-bond donors (Lipinski definition) is 1. The fraction of sp³-hybridized carbons (Fsp3) is 0.467. The van der Waals surface area contributed by atoms with Gasteiger partial charge < -0.3 is 4.90 Å². The van der Waals surface area contributed by atoms with Crippen LogP contribution in [0.4, 0.5) is 0 Å². The third-order valence-electron chi connectivity index (χ3n) is 3.57. The smallest absolute Gasteiger partial charge is 0.261 e. The zero-order chi connectivity index (χ0) is 17.0. The van der Waals surface area contributed by atoms with E-state index in [1.165, 1.54) is 0 Å². The number of hydrogen-bond acceptors (Lipinski definition) is 5. The number of benzene rings is 1. The molecule has 1 aromatic rings. The molecule has 0 saturated heterocycles. The number of nitrogens with zero attached hydrogens (tertiary/aromatic N) is 2. The molecule has 0 bridgehead atoms. The van der Waals surface area contributed by atoms with Gasteiger partial charge >= 0.3 is 0 Å². The van der Waals surface area contributed by atoms with Gasteiger partial charge in [-0.25, -0.2) is 13.1 Å². The van der Waals surface area contributed by atoms with E-state index < -0.39 is 21.8 Å². The van der Waals surface area contributed by atoms with Gasteiger partial charge in [0, 0.05) is 13.1 Å². The summed E-state index contributed by atoms with van der Waals surface area (Å²) in [5.41, 5.74) is 0.655. The summed E-state index contributed by atoms with van der Waals surface area (Å²) in [6, 6.07) is 6.50. The van der Waals surface area contributed by atoms with Crippen LogP contribution in [0.3, 0.4) is 0 Å². The van der Waals surface area contributed by atoms with E-state index in [4.69, 9.17) is 0 Å². The molecule has 0 aromatic heterocycles.